The van der Waals surface area contributed by atoms with E-state index in [9.17, 15) is 14.9 Å². The molecule has 2 aromatic rings. The molecule has 0 unspecified atom stereocenters. The second kappa shape index (κ2) is 6.71. The normalized spacial score (nSPS) is 10.1. The minimum Gasteiger partial charge on any atom is -0.482 e. The Morgan fingerprint density at radius 1 is 1.14 bits per heavy atom. The third-order valence-corrected chi connectivity index (χ3v) is 3.04. The molecule has 0 radical (unpaired) electrons. The predicted molar refractivity (Wildman–Crippen MR) is 80.1 cm³/mol. The number of carbonyl (C=O) groups is 1. The van der Waals surface area contributed by atoms with E-state index in [-0.39, 0.29) is 18.0 Å². The standard InChI is InChI=1S/C16H15NO5/c1-11-5-3-4-6-15(11)21-10-16(18)22-13-7-8-14(17(19)20)12(2)9-13/h3-9H,10H2,1-2H3. The Morgan fingerprint density at radius 2 is 1.86 bits per heavy atom. The lowest BCUT2D eigenvalue weighted by Crippen LogP contribution is -2.18. The van der Waals surface area contributed by atoms with Crippen LogP contribution in [0.2, 0.25) is 0 Å². The van der Waals surface area contributed by atoms with Gasteiger partial charge in [0.05, 0.1) is 4.92 Å². The van der Waals surface area contributed by atoms with E-state index >= 15 is 0 Å². The highest BCUT2D eigenvalue weighted by Crippen LogP contribution is 2.23. The van der Waals surface area contributed by atoms with Gasteiger partial charge in [0.2, 0.25) is 0 Å². The maximum absolute atomic E-state index is 11.7. The van der Waals surface area contributed by atoms with Gasteiger partial charge in [-0.05, 0) is 37.6 Å². The molecule has 0 aliphatic heterocycles. The molecule has 0 saturated heterocycles. The van der Waals surface area contributed by atoms with E-state index in [1.54, 1.807) is 13.0 Å². The van der Waals surface area contributed by atoms with Gasteiger partial charge in [-0.25, -0.2) is 4.79 Å². The van der Waals surface area contributed by atoms with E-state index in [0.29, 0.717) is 11.3 Å². The second-order valence-corrected chi connectivity index (χ2v) is 4.73. The molecular formula is C16H15NO5. The van der Waals surface area contributed by atoms with E-state index < -0.39 is 10.9 Å². The fourth-order valence-corrected chi connectivity index (χ4v) is 1.91. The molecule has 6 nitrogen and oxygen atoms in total. The van der Waals surface area contributed by atoms with Crippen molar-refractivity contribution in [1.29, 1.82) is 0 Å². The topological polar surface area (TPSA) is 78.7 Å². The van der Waals surface area contributed by atoms with Crippen molar-refractivity contribution in [3.05, 3.63) is 63.7 Å². The fourth-order valence-electron chi connectivity index (χ4n) is 1.91. The summed E-state index contributed by atoms with van der Waals surface area (Å²) in [6.45, 7) is 3.22. The molecule has 2 rings (SSSR count). The number of carbonyl (C=O) groups excluding carboxylic acids is 1. The van der Waals surface area contributed by atoms with Crippen LogP contribution in [-0.2, 0) is 4.79 Å². The number of hydrogen-bond acceptors (Lipinski definition) is 5. The minimum absolute atomic E-state index is 0.0176. The first kappa shape index (κ1) is 15.5. The Kier molecular flexibility index (Phi) is 4.73. The predicted octanol–water partition coefficient (Wildman–Crippen LogP) is 3.20. The molecule has 0 saturated carbocycles. The van der Waals surface area contributed by atoms with Crippen molar-refractivity contribution in [1.82, 2.24) is 0 Å². The lowest BCUT2D eigenvalue weighted by atomic mass is 10.2. The lowest BCUT2D eigenvalue weighted by Gasteiger charge is -2.09. The van der Waals surface area contributed by atoms with Crippen molar-refractivity contribution in [2.75, 3.05) is 6.61 Å². The number of aryl methyl sites for hydroxylation is 2. The summed E-state index contributed by atoms with van der Waals surface area (Å²) in [4.78, 5) is 22.0. The van der Waals surface area contributed by atoms with E-state index in [4.69, 9.17) is 9.47 Å². The molecule has 2 aromatic carbocycles. The molecule has 6 heteroatoms. The zero-order valence-electron chi connectivity index (χ0n) is 12.2. The van der Waals surface area contributed by atoms with Gasteiger partial charge >= 0.3 is 5.97 Å². The molecule has 0 aliphatic rings. The molecule has 0 spiro atoms. The van der Waals surface area contributed by atoms with Crippen LogP contribution in [0.15, 0.2) is 42.5 Å². The van der Waals surface area contributed by atoms with Crippen molar-refractivity contribution in [2.45, 2.75) is 13.8 Å². The number of esters is 1. The van der Waals surface area contributed by atoms with Gasteiger partial charge in [-0.3, -0.25) is 10.1 Å². The van der Waals surface area contributed by atoms with E-state index in [1.165, 1.54) is 18.2 Å². The maximum Gasteiger partial charge on any atom is 0.349 e. The second-order valence-electron chi connectivity index (χ2n) is 4.73. The molecule has 0 aromatic heterocycles. The number of hydrogen-bond donors (Lipinski definition) is 0. The first-order chi connectivity index (χ1) is 10.5. The highest BCUT2D eigenvalue weighted by atomic mass is 16.6. The van der Waals surface area contributed by atoms with Crippen LogP contribution in [0.1, 0.15) is 11.1 Å². The van der Waals surface area contributed by atoms with E-state index in [1.807, 2.05) is 25.1 Å². The third-order valence-electron chi connectivity index (χ3n) is 3.04. The van der Waals surface area contributed by atoms with Crippen molar-refractivity contribution in [2.24, 2.45) is 0 Å². The van der Waals surface area contributed by atoms with Crippen molar-refractivity contribution >= 4 is 11.7 Å². The van der Waals surface area contributed by atoms with Crippen molar-refractivity contribution < 1.29 is 19.2 Å². The number of nitro benzene ring substituents is 1. The Labute approximate surface area is 127 Å². The smallest absolute Gasteiger partial charge is 0.349 e. The van der Waals surface area contributed by atoms with Crippen LogP contribution in [0.4, 0.5) is 5.69 Å². The van der Waals surface area contributed by atoms with Crippen LogP contribution in [0.5, 0.6) is 11.5 Å². The first-order valence-electron chi connectivity index (χ1n) is 6.61. The molecule has 0 bridgehead atoms. The van der Waals surface area contributed by atoms with Crippen LogP contribution in [0.25, 0.3) is 0 Å². The van der Waals surface area contributed by atoms with Gasteiger partial charge in [0.25, 0.3) is 5.69 Å². The van der Waals surface area contributed by atoms with Crippen LogP contribution < -0.4 is 9.47 Å². The fraction of sp³-hybridized carbons (Fsp3) is 0.188. The average molecular weight is 301 g/mol. The van der Waals surface area contributed by atoms with Gasteiger partial charge in [0.1, 0.15) is 11.5 Å². The number of benzene rings is 2. The van der Waals surface area contributed by atoms with Crippen molar-refractivity contribution in [3.63, 3.8) is 0 Å². The zero-order chi connectivity index (χ0) is 16.1. The molecule has 0 N–H and O–H groups in total. The summed E-state index contributed by atoms with van der Waals surface area (Å²) < 4.78 is 10.5. The van der Waals surface area contributed by atoms with Crippen LogP contribution in [0.3, 0.4) is 0 Å². The monoisotopic (exact) mass is 301 g/mol. The van der Waals surface area contributed by atoms with Gasteiger partial charge in [0, 0.05) is 11.6 Å². The quantitative estimate of drug-likeness (QED) is 0.367. The molecule has 114 valence electrons. The van der Waals surface area contributed by atoms with Crippen LogP contribution in [-0.4, -0.2) is 17.5 Å². The third kappa shape index (κ3) is 3.82. The highest BCUT2D eigenvalue weighted by molar-refractivity contribution is 5.74. The minimum atomic E-state index is -0.573. The van der Waals surface area contributed by atoms with Gasteiger partial charge in [-0.1, -0.05) is 18.2 Å². The molecule has 0 atom stereocenters. The van der Waals surface area contributed by atoms with Crippen LogP contribution in [0, 0.1) is 24.0 Å². The summed E-state index contributed by atoms with van der Waals surface area (Å²) in [6.07, 6.45) is 0. The zero-order valence-corrected chi connectivity index (χ0v) is 12.2. The van der Waals surface area contributed by atoms with Gasteiger partial charge in [0.15, 0.2) is 6.61 Å². The number of ether oxygens (including phenoxy) is 2. The Bertz CT molecular complexity index is 711. The summed E-state index contributed by atoms with van der Waals surface area (Å²) in [6, 6.07) is 11.5. The molecule has 22 heavy (non-hydrogen) atoms. The Balaban J connectivity index is 1.96. The molecule has 0 heterocycles. The number of para-hydroxylation sites is 1. The van der Waals surface area contributed by atoms with Gasteiger partial charge in [-0.15, -0.1) is 0 Å². The molecule has 0 amide bonds. The molecule has 0 fully saturated rings. The first-order valence-corrected chi connectivity index (χ1v) is 6.61. The summed E-state index contributed by atoms with van der Waals surface area (Å²) in [5.41, 5.74) is 1.33. The number of nitro groups is 1. The lowest BCUT2D eigenvalue weighted by molar-refractivity contribution is -0.385. The van der Waals surface area contributed by atoms with Crippen molar-refractivity contribution in [3.8, 4) is 11.5 Å². The summed E-state index contributed by atoms with van der Waals surface area (Å²) in [5.74, 6) is 0.289. The molecular weight excluding hydrogens is 286 g/mol. The summed E-state index contributed by atoms with van der Waals surface area (Å²) in [5, 5.41) is 10.7. The number of rotatable bonds is 5. The Morgan fingerprint density at radius 3 is 2.50 bits per heavy atom. The van der Waals surface area contributed by atoms with Gasteiger partial charge in [-0.2, -0.15) is 0 Å². The average Bonchev–Trinajstić information content (AvgIpc) is 2.46. The summed E-state index contributed by atoms with van der Waals surface area (Å²) in [7, 11) is 0. The Hall–Kier alpha value is -2.89. The summed E-state index contributed by atoms with van der Waals surface area (Å²) >= 11 is 0. The van der Waals surface area contributed by atoms with Gasteiger partial charge < -0.3 is 9.47 Å². The SMILES string of the molecule is Cc1ccccc1OCC(=O)Oc1ccc([N+](=O)[O-])c(C)c1. The maximum atomic E-state index is 11.7. The molecule has 0 aliphatic carbocycles. The number of nitrogens with zero attached hydrogens (tertiary/aromatic N) is 1. The highest BCUT2D eigenvalue weighted by Gasteiger charge is 2.13. The van der Waals surface area contributed by atoms with Crippen LogP contribution >= 0.6 is 0 Å². The van der Waals surface area contributed by atoms with E-state index in [0.717, 1.165) is 5.56 Å². The van der Waals surface area contributed by atoms with E-state index in [2.05, 4.69) is 0 Å². The largest absolute Gasteiger partial charge is 0.482 e.